The van der Waals surface area contributed by atoms with Gasteiger partial charge in [0.25, 0.3) is 0 Å². The topological polar surface area (TPSA) is 65.0 Å². The van der Waals surface area contributed by atoms with Crippen molar-refractivity contribution in [3.05, 3.63) is 65.8 Å². The first-order valence-electron chi connectivity index (χ1n) is 7.32. The number of hydrogen-bond acceptors (Lipinski definition) is 5. The van der Waals surface area contributed by atoms with Crippen molar-refractivity contribution in [1.82, 2.24) is 15.1 Å². The van der Waals surface area contributed by atoms with Gasteiger partial charge in [-0.1, -0.05) is 47.1 Å². The monoisotopic (exact) mass is 337 g/mol. The summed E-state index contributed by atoms with van der Waals surface area (Å²) in [4.78, 5) is 8.37. The third-order valence-electron chi connectivity index (χ3n) is 3.64. The van der Waals surface area contributed by atoms with Crippen LogP contribution >= 0.6 is 11.6 Å². The average Bonchev–Trinajstić information content (AvgIpc) is 3.23. The highest BCUT2D eigenvalue weighted by Crippen LogP contribution is 2.35. The van der Waals surface area contributed by atoms with Crippen LogP contribution in [-0.4, -0.2) is 15.1 Å². The highest BCUT2D eigenvalue weighted by Gasteiger charge is 2.20. The van der Waals surface area contributed by atoms with Crippen LogP contribution in [0.3, 0.4) is 0 Å². The molecule has 4 aromatic rings. The molecule has 0 saturated carbocycles. The van der Waals surface area contributed by atoms with Gasteiger partial charge < -0.3 is 8.94 Å². The number of hydrogen-bond donors (Lipinski definition) is 0. The lowest BCUT2D eigenvalue weighted by Gasteiger charge is -1.99. The molecule has 0 aliphatic heterocycles. The molecule has 0 radical (unpaired) electrons. The average molecular weight is 338 g/mol. The molecule has 0 aliphatic carbocycles. The van der Waals surface area contributed by atoms with E-state index in [1.54, 1.807) is 18.5 Å². The van der Waals surface area contributed by atoms with Crippen LogP contribution in [0.2, 0.25) is 5.15 Å². The summed E-state index contributed by atoms with van der Waals surface area (Å²) in [5.74, 6) is 1.73. The van der Waals surface area contributed by atoms with Crippen molar-refractivity contribution in [1.29, 1.82) is 0 Å². The molecule has 0 bridgehead atoms. The number of nitrogens with zero attached hydrogens (tertiary/aromatic N) is 3. The predicted octanol–water partition coefficient (Wildman–Crippen LogP) is 5.02. The van der Waals surface area contributed by atoms with Gasteiger partial charge >= 0.3 is 0 Å². The molecule has 118 valence electrons. The molecule has 6 heteroatoms. The van der Waals surface area contributed by atoms with Crippen LogP contribution in [0, 0.1) is 6.92 Å². The SMILES string of the molecule is Cc1onc(-c2ccccc2)c1-c1cnc(-c2ccc(Cl)nc2)o1. The van der Waals surface area contributed by atoms with Crippen molar-refractivity contribution in [2.24, 2.45) is 0 Å². The zero-order chi connectivity index (χ0) is 16.5. The second-order valence-corrected chi connectivity index (χ2v) is 5.61. The first-order valence-corrected chi connectivity index (χ1v) is 7.70. The summed E-state index contributed by atoms with van der Waals surface area (Å²) < 4.78 is 11.3. The predicted molar refractivity (Wildman–Crippen MR) is 90.4 cm³/mol. The lowest BCUT2D eigenvalue weighted by atomic mass is 10.1. The van der Waals surface area contributed by atoms with Gasteiger partial charge in [-0.05, 0) is 19.1 Å². The van der Waals surface area contributed by atoms with E-state index in [9.17, 15) is 0 Å². The molecule has 0 saturated heterocycles. The Morgan fingerprint density at radius 1 is 0.917 bits per heavy atom. The Bertz CT molecular complexity index is 975. The van der Waals surface area contributed by atoms with E-state index in [1.165, 1.54) is 0 Å². The number of oxazole rings is 1. The van der Waals surface area contributed by atoms with Gasteiger partial charge in [0.05, 0.1) is 17.3 Å². The lowest BCUT2D eigenvalue weighted by Crippen LogP contribution is -1.82. The maximum atomic E-state index is 5.90. The van der Waals surface area contributed by atoms with E-state index in [2.05, 4.69) is 15.1 Å². The van der Waals surface area contributed by atoms with Crippen LogP contribution in [0.15, 0.2) is 63.8 Å². The third-order valence-corrected chi connectivity index (χ3v) is 3.86. The van der Waals surface area contributed by atoms with E-state index in [0.717, 1.165) is 22.4 Å². The molecule has 3 heterocycles. The van der Waals surface area contributed by atoms with Gasteiger partial charge in [0.2, 0.25) is 5.89 Å². The van der Waals surface area contributed by atoms with Crippen molar-refractivity contribution < 1.29 is 8.94 Å². The van der Waals surface area contributed by atoms with Crippen LogP contribution in [0.5, 0.6) is 0 Å². The maximum Gasteiger partial charge on any atom is 0.228 e. The van der Waals surface area contributed by atoms with E-state index in [0.29, 0.717) is 22.6 Å². The summed E-state index contributed by atoms with van der Waals surface area (Å²) in [7, 11) is 0. The van der Waals surface area contributed by atoms with Crippen molar-refractivity contribution in [3.63, 3.8) is 0 Å². The van der Waals surface area contributed by atoms with Gasteiger partial charge in [0, 0.05) is 11.8 Å². The first-order chi connectivity index (χ1) is 11.7. The van der Waals surface area contributed by atoms with E-state index in [-0.39, 0.29) is 0 Å². The smallest absolute Gasteiger partial charge is 0.228 e. The molecule has 0 spiro atoms. The van der Waals surface area contributed by atoms with E-state index < -0.39 is 0 Å². The zero-order valence-corrected chi connectivity index (χ0v) is 13.5. The second-order valence-electron chi connectivity index (χ2n) is 5.23. The van der Waals surface area contributed by atoms with Crippen molar-refractivity contribution in [2.75, 3.05) is 0 Å². The number of aryl methyl sites for hydroxylation is 1. The van der Waals surface area contributed by atoms with Crippen LogP contribution in [0.4, 0.5) is 0 Å². The molecule has 5 nitrogen and oxygen atoms in total. The fraction of sp³-hybridized carbons (Fsp3) is 0.0556. The maximum absolute atomic E-state index is 5.90. The summed E-state index contributed by atoms with van der Waals surface area (Å²) in [5, 5.41) is 4.59. The van der Waals surface area contributed by atoms with Crippen molar-refractivity contribution >= 4 is 11.6 Å². The van der Waals surface area contributed by atoms with Crippen LogP contribution in [0.1, 0.15) is 5.76 Å². The normalized spacial score (nSPS) is 10.9. The van der Waals surface area contributed by atoms with Crippen molar-refractivity contribution in [3.8, 4) is 34.0 Å². The third kappa shape index (κ3) is 2.59. The molecule has 0 N–H and O–H groups in total. The number of halogens is 1. The molecule has 0 amide bonds. The number of benzene rings is 1. The highest BCUT2D eigenvalue weighted by atomic mass is 35.5. The number of pyridine rings is 1. The van der Waals surface area contributed by atoms with Gasteiger partial charge in [-0.15, -0.1) is 0 Å². The minimum absolute atomic E-state index is 0.423. The fourth-order valence-electron chi connectivity index (χ4n) is 2.48. The van der Waals surface area contributed by atoms with Crippen LogP contribution < -0.4 is 0 Å². The Morgan fingerprint density at radius 3 is 2.50 bits per heavy atom. The van der Waals surface area contributed by atoms with Gasteiger partial charge in [0.15, 0.2) is 5.76 Å². The Labute approximate surface area is 142 Å². The fourth-order valence-corrected chi connectivity index (χ4v) is 2.59. The highest BCUT2D eigenvalue weighted by molar-refractivity contribution is 6.29. The number of aromatic nitrogens is 3. The Hall–Kier alpha value is -2.92. The molecule has 4 rings (SSSR count). The van der Waals surface area contributed by atoms with E-state index >= 15 is 0 Å². The molecular weight excluding hydrogens is 326 g/mol. The quantitative estimate of drug-likeness (QED) is 0.491. The van der Waals surface area contributed by atoms with Gasteiger partial charge in [-0.2, -0.15) is 0 Å². The molecule has 24 heavy (non-hydrogen) atoms. The first kappa shape index (κ1) is 14.7. The molecule has 0 unspecified atom stereocenters. The number of rotatable bonds is 3. The van der Waals surface area contributed by atoms with E-state index in [4.69, 9.17) is 20.5 Å². The summed E-state index contributed by atoms with van der Waals surface area (Å²) in [6.45, 7) is 1.85. The zero-order valence-electron chi connectivity index (χ0n) is 12.7. The molecule has 3 aromatic heterocycles. The van der Waals surface area contributed by atoms with Gasteiger partial charge in [0.1, 0.15) is 16.6 Å². The van der Waals surface area contributed by atoms with Crippen molar-refractivity contribution in [2.45, 2.75) is 6.92 Å². The summed E-state index contributed by atoms with van der Waals surface area (Å²) in [6.07, 6.45) is 3.28. The molecule has 1 aromatic carbocycles. The van der Waals surface area contributed by atoms with Crippen LogP contribution in [0.25, 0.3) is 34.0 Å². The summed E-state index contributed by atoms with van der Waals surface area (Å²) in [5.41, 5.74) is 3.23. The van der Waals surface area contributed by atoms with Gasteiger partial charge in [-0.25, -0.2) is 9.97 Å². The molecule has 0 aliphatic rings. The molecular formula is C18H12ClN3O2. The minimum Gasteiger partial charge on any atom is -0.436 e. The Morgan fingerprint density at radius 2 is 1.75 bits per heavy atom. The van der Waals surface area contributed by atoms with Crippen LogP contribution in [-0.2, 0) is 0 Å². The Balaban J connectivity index is 1.78. The second kappa shape index (κ2) is 5.94. The minimum atomic E-state index is 0.423. The molecule has 0 fully saturated rings. The molecule has 0 atom stereocenters. The standard InChI is InChI=1S/C18H12ClN3O2/c1-11-16(17(22-24-11)12-5-3-2-4-6-12)14-10-21-18(23-14)13-7-8-15(19)20-9-13/h2-10H,1H3. The van der Waals surface area contributed by atoms with E-state index in [1.807, 2.05) is 43.3 Å². The summed E-state index contributed by atoms with van der Waals surface area (Å²) >= 11 is 5.81. The van der Waals surface area contributed by atoms with Gasteiger partial charge in [-0.3, -0.25) is 0 Å². The Kier molecular flexibility index (Phi) is 3.63. The summed E-state index contributed by atoms with van der Waals surface area (Å²) in [6, 6.07) is 13.3. The lowest BCUT2D eigenvalue weighted by molar-refractivity contribution is 0.399. The largest absolute Gasteiger partial charge is 0.436 e.